The van der Waals surface area contributed by atoms with Gasteiger partial charge in [-0.05, 0) is 80.9 Å². The number of nitrogens with zero attached hydrogens (tertiary/aromatic N) is 1. The summed E-state index contributed by atoms with van der Waals surface area (Å²) in [6.07, 6.45) is -2.28. The third-order valence-corrected chi connectivity index (χ3v) is 7.50. The number of hydrogen-bond acceptors (Lipinski definition) is 2. The van der Waals surface area contributed by atoms with Crippen LogP contribution in [0.3, 0.4) is 0 Å². The van der Waals surface area contributed by atoms with Gasteiger partial charge >= 0.3 is 12.4 Å². The van der Waals surface area contributed by atoms with E-state index in [1.807, 2.05) is 30.3 Å². The fourth-order valence-corrected chi connectivity index (χ4v) is 5.58. The Hall–Kier alpha value is -2.06. The number of ether oxygens (including phenoxy) is 1. The summed E-state index contributed by atoms with van der Waals surface area (Å²) in [5.41, 5.74) is -1.95. The molecule has 0 radical (unpaired) electrons. The Morgan fingerprint density at radius 3 is 1.91 bits per heavy atom. The molecule has 0 atom stereocenters. The average Bonchev–Trinajstić information content (AvgIpc) is 2.84. The molecule has 0 aromatic heterocycles. The van der Waals surface area contributed by atoms with Crippen molar-refractivity contribution in [2.24, 2.45) is 0 Å². The molecule has 1 saturated carbocycles. The minimum atomic E-state index is -4.87. The van der Waals surface area contributed by atoms with Crippen molar-refractivity contribution in [1.82, 2.24) is 4.90 Å². The predicted octanol–water partition coefficient (Wildman–Crippen LogP) is 7.61. The molecule has 192 valence electrons. The Bertz CT molecular complexity index is 926. The maximum absolute atomic E-state index is 13.2. The number of alkyl halides is 6. The molecule has 1 saturated heterocycles. The first kappa shape index (κ1) is 26.0. The van der Waals surface area contributed by atoms with Crippen LogP contribution in [-0.4, -0.2) is 30.6 Å². The molecule has 2 aromatic rings. The highest BCUT2D eigenvalue weighted by molar-refractivity contribution is 5.33. The molecule has 2 fully saturated rings. The van der Waals surface area contributed by atoms with Crippen molar-refractivity contribution in [2.45, 2.75) is 75.4 Å². The monoisotopic (exact) mass is 499 g/mol. The number of hydrogen-bond donors (Lipinski definition) is 0. The van der Waals surface area contributed by atoms with E-state index >= 15 is 0 Å². The minimum Gasteiger partial charge on any atom is -0.376 e. The quantitative estimate of drug-likeness (QED) is 0.380. The van der Waals surface area contributed by atoms with E-state index in [1.54, 1.807) is 0 Å². The average molecular weight is 500 g/mol. The molecule has 4 rings (SSSR count). The van der Waals surface area contributed by atoms with E-state index < -0.39 is 23.5 Å². The summed E-state index contributed by atoms with van der Waals surface area (Å²) in [4.78, 5) is 2.57. The van der Waals surface area contributed by atoms with Crippen LogP contribution in [-0.2, 0) is 29.1 Å². The van der Waals surface area contributed by atoms with Crippen LogP contribution in [0.2, 0.25) is 0 Å². The molecule has 0 spiro atoms. The summed E-state index contributed by atoms with van der Waals surface area (Å²) in [6.45, 7) is 2.19. The Morgan fingerprint density at radius 2 is 1.37 bits per heavy atom. The summed E-state index contributed by atoms with van der Waals surface area (Å²) < 4.78 is 85.1. The highest BCUT2D eigenvalue weighted by Crippen LogP contribution is 2.42. The van der Waals surface area contributed by atoms with Crippen molar-refractivity contribution in [2.75, 3.05) is 19.7 Å². The molecule has 2 aliphatic rings. The van der Waals surface area contributed by atoms with Crippen LogP contribution in [0, 0.1) is 0 Å². The number of benzene rings is 2. The van der Waals surface area contributed by atoms with Gasteiger partial charge in [-0.15, -0.1) is 0 Å². The van der Waals surface area contributed by atoms with Crippen molar-refractivity contribution in [3.05, 3.63) is 70.8 Å². The van der Waals surface area contributed by atoms with Crippen molar-refractivity contribution < 1.29 is 31.1 Å². The zero-order valence-corrected chi connectivity index (χ0v) is 19.6. The van der Waals surface area contributed by atoms with E-state index in [9.17, 15) is 26.3 Å². The second-order valence-corrected chi connectivity index (χ2v) is 9.88. The molecule has 35 heavy (non-hydrogen) atoms. The molecule has 0 amide bonds. The number of likely N-dealkylation sites (tertiary alicyclic amines) is 1. The van der Waals surface area contributed by atoms with E-state index in [4.69, 9.17) is 4.74 Å². The summed E-state index contributed by atoms with van der Waals surface area (Å²) >= 11 is 0. The number of piperidine rings is 1. The van der Waals surface area contributed by atoms with Gasteiger partial charge in [-0.3, -0.25) is 0 Å². The van der Waals surface area contributed by atoms with Crippen molar-refractivity contribution in [3.63, 3.8) is 0 Å². The smallest absolute Gasteiger partial charge is 0.376 e. The molecule has 2 aromatic carbocycles. The normalized spacial score (nSPS) is 24.5. The van der Waals surface area contributed by atoms with Gasteiger partial charge in [0.05, 0.1) is 24.3 Å². The van der Waals surface area contributed by atoms with Gasteiger partial charge in [0.1, 0.15) is 0 Å². The van der Waals surface area contributed by atoms with Gasteiger partial charge in [-0.1, -0.05) is 36.8 Å². The lowest BCUT2D eigenvalue weighted by Crippen LogP contribution is -2.46. The molecular weight excluding hydrogens is 468 g/mol. The van der Waals surface area contributed by atoms with E-state index in [0.717, 1.165) is 56.5 Å². The van der Waals surface area contributed by atoms with Crippen LogP contribution < -0.4 is 0 Å². The molecule has 1 aliphatic carbocycles. The van der Waals surface area contributed by atoms with Crippen molar-refractivity contribution >= 4 is 0 Å². The van der Waals surface area contributed by atoms with Crippen molar-refractivity contribution in [1.29, 1.82) is 0 Å². The van der Waals surface area contributed by atoms with Gasteiger partial charge in [0.2, 0.25) is 0 Å². The largest absolute Gasteiger partial charge is 0.416 e. The van der Waals surface area contributed by atoms with Gasteiger partial charge in [0.25, 0.3) is 0 Å². The third-order valence-electron chi connectivity index (χ3n) is 7.50. The summed E-state index contributed by atoms with van der Waals surface area (Å²) in [5, 5.41) is 0. The second kappa shape index (κ2) is 10.5. The maximum atomic E-state index is 13.2. The number of halogens is 6. The first-order valence-electron chi connectivity index (χ1n) is 12.2. The van der Waals surface area contributed by atoms with Gasteiger partial charge < -0.3 is 9.64 Å². The topological polar surface area (TPSA) is 12.5 Å². The molecule has 0 unspecified atom stereocenters. The summed E-state index contributed by atoms with van der Waals surface area (Å²) in [6, 6.07) is 12.1. The summed E-state index contributed by atoms with van der Waals surface area (Å²) in [5.74, 6) is 0. The molecule has 2 nitrogen and oxygen atoms in total. The molecule has 1 heterocycles. The van der Waals surface area contributed by atoms with E-state index in [2.05, 4.69) is 4.90 Å². The number of rotatable bonds is 6. The minimum absolute atomic E-state index is 0.127. The van der Waals surface area contributed by atoms with Gasteiger partial charge in [-0.25, -0.2) is 0 Å². The van der Waals surface area contributed by atoms with E-state index in [-0.39, 0.29) is 30.3 Å². The second-order valence-electron chi connectivity index (χ2n) is 9.88. The lowest BCUT2D eigenvalue weighted by Gasteiger charge is -2.45. The SMILES string of the molecule is FC(F)(F)c1cc(COCC2(c3ccccc3)CCC(N3CCCCC3)CC2)cc(C(F)(F)F)c1. The van der Waals surface area contributed by atoms with Gasteiger partial charge in [0, 0.05) is 11.5 Å². The Kier molecular flexibility index (Phi) is 7.81. The first-order chi connectivity index (χ1) is 16.6. The summed E-state index contributed by atoms with van der Waals surface area (Å²) in [7, 11) is 0. The maximum Gasteiger partial charge on any atom is 0.416 e. The molecular formula is C27H31F6NO. The molecule has 0 N–H and O–H groups in total. The lowest BCUT2D eigenvalue weighted by atomic mass is 9.68. The van der Waals surface area contributed by atoms with Crippen LogP contribution >= 0.6 is 0 Å². The predicted molar refractivity (Wildman–Crippen MR) is 122 cm³/mol. The highest BCUT2D eigenvalue weighted by Gasteiger charge is 2.40. The van der Waals surface area contributed by atoms with Crippen LogP contribution in [0.5, 0.6) is 0 Å². The fraction of sp³-hybridized carbons (Fsp3) is 0.556. The third kappa shape index (κ3) is 6.39. The Labute approximate surface area is 202 Å². The standard InChI is InChI=1S/C27H31F6NO/c28-26(29,30)22-15-20(16-23(17-22)27(31,32)33)18-35-19-25(21-7-3-1-4-8-21)11-9-24(10-12-25)34-13-5-2-6-14-34/h1,3-4,7-8,15-17,24H,2,5-6,9-14,18-19H2. The lowest BCUT2D eigenvalue weighted by molar-refractivity contribution is -0.143. The zero-order chi connectivity index (χ0) is 25.1. The van der Waals surface area contributed by atoms with E-state index in [0.29, 0.717) is 6.04 Å². The Balaban J connectivity index is 1.49. The van der Waals surface area contributed by atoms with Crippen LogP contribution in [0.1, 0.15) is 67.2 Å². The molecule has 8 heteroatoms. The zero-order valence-electron chi connectivity index (χ0n) is 19.6. The highest BCUT2D eigenvalue weighted by atomic mass is 19.4. The Morgan fingerprint density at radius 1 is 0.800 bits per heavy atom. The van der Waals surface area contributed by atoms with Crippen LogP contribution in [0.25, 0.3) is 0 Å². The molecule has 0 bridgehead atoms. The molecule has 1 aliphatic heterocycles. The fourth-order valence-electron chi connectivity index (χ4n) is 5.58. The first-order valence-corrected chi connectivity index (χ1v) is 12.2. The van der Waals surface area contributed by atoms with Gasteiger partial charge in [-0.2, -0.15) is 26.3 Å². The van der Waals surface area contributed by atoms with Crippen molar-refractivity contribution in [3.8, 4) is 0 Å². The van der Waals surface area contributed by atoms with Crippen LogP contribution in [0.4, 0.5) is 26.3 Å². The van der Waals surface area contributed by atoms with Gasteiger partial charge in [0.15, 0.2) is 0 Å². The van der Waals surface area contributed by atoms with E-state index in [1.165, 1.54) is 19.3 Å². The van der Waals surface area contributed by atoms with Crippen LogP contribution in [0.15, 0.2) is 48.5 Å².